The molecule has 1 heterocycles. The van der Waals surface area contributed by atoms with Gasteiger partial charge in [0.25, 0.3) is 0 Å². The first kappa shape index (κ1) is 34.2. The minimum absolute atomic E-state index is 0. The first-order valence-corrected chi connectivity index (χ1v) is 15.3. The quantitative estimate of drug-likeness (QED) is 0.174. The number of phosphoric acid groups is 1. The van der Waals surface area contributed by atoms with Crippen LogP contribution in [-0.2, 0) is 39.2 Å². The maximum absolute atomic E-state index is 13.2. The average molecular weight is 591 g/mol. The average Bonchev–Trinajstić information content (AvgIpc) is 2.94. The fourth-order valence-corrected chi connectivity index (χ4v) is 4.64. The first-order chi connectivity index (χ1) is 19.7. The molecule has 0 saturated heterocycles. The van der Waals surface area contributed by atoms with Crippen molar-refractivity contribution in [3.05, 3.63) is 65.2 Å². The molecule has 0 fully saturated rings. The molecule has 11 heteroatoms. The molecule has 1 atom stereocenters. The Hall–Kier alpha value is -3.03. The third kappa shape index (κ3) is 12.6. The van der Waals surface area contributed by atoms with Gasteiger partial charge in [-0.3, -0.25) is 18.6 Å². The number of rotatable bonds is 15. The highest BCUT2D eigenvalue weighted by atomic mass is 31.2. The molecule has 0 aromatic heterocycles. The van der Waals surface area contributed by atoms with Crippen molar-refractivity contribution in [2.45, 2.75) is 53.2 Å². The zero-order valence-electron chi connectivity index (χ0n) is 24.3. The third-order valence-electron chi connectivity index (χ3n) is 5.51. The molecule has 1 aliphatic rings. The molecular formula is C30H43N2O8P. The van der Waals surface area contributed by atoms with Crippen molar-refractivity contribution in [2.24, 2.45) is 0 Å². The van der Waals surface area contributed by atoms with Gasteiger partial charge in [-0.2, -0.15) is 0 Å². The lowest BCUT2D eigenvalue weighted by atomic mass is 10.0. The molecule has 2 aromatic carbocycles. The second-order valence-electron chi connectivity index (χ2n) is 8.93. The number of hydrogen-bond donors (Lipinski definition) is 2. The van der Waals surface area contributed by atoms with Crippen LogP contribution in [0.5, 0.6) is 0 Å². The van der Waals surface area contributed by atoms with E-state index in [9.17, 15) is 19.0 Å². The summed E-state index contributed by atoms with van der Waals surface area (Å²) in [5.41, 5.74) is 3.35. The normalized spacial score (nSPS) is 13.3. The number of phosphoric ester groups is 1. The molecule has 0 saturated carbocycles. The van der Waals surface area contributed by atoms with Crippen LogP contribution >= 0.6 is 7.82 Å². The topological polar surface area (TPSA) is 124 Å². The van der Waals surface area contributed by atoms with E-state index in [-0.39, 0.29) is 59.1 Å². The predicted molar refractivity (Wildman–Crippen MR) is 159 cm³/mol. The van der Waals surface area contributed by atoms with Crippen molar-refractivity contribution in [3.8, 4) is 11.8 Å². The molecule has 2 N–H and O–H groups in total. The highest BCUT2D eigenvalue weighted by Crippen LogP contribution is 2.44. The van der Waals surface area contributed by atoms with Crippen molar-refractivity contribution in [3.63, 3.8) is 0 Å². The number of anilines is 1. The number of fused-ring (bicyclic) bond motifs is 2. The standard InChI is InChI=1S/C28H35N2O8P.C2H6.H2/c1-22(2)38-39(33,34)37-20-19-36-18-17-35-16-15-29-27(31)13-14-28(32)30-21-25-9-4-3-7-23(25)11-12-24-8-5-6-10-26(24)30;1-2;/h3-10,22H,13-21H2,1-2H3,(H,29,31)(H,33,34);1-2H3;1H. The molecular weight excluding hydrogens is 547 g/mol. The van der Waals surface area contributed by atoms with Gasteiger partial charge >= 0.3 is 7.82 Å². The van der Waals surface area contributed by atoms with Crippen LogP contribution in [0, 0.1) is 11.8 Å². The molecule has 0 spiro atoms. The molecule has 1 unspecified atom stereocenters. The smallest absolute Gasteiger partial charge is 0.377 e. The van der Waals surface area contributed by atoms with Gasteiger partial charge in [-0.05, 0) is 37.6 Å². The van der Waals surface area contributed by atoms with E-state index < -0.39 is 13.9 Å². The third-order valence-corrected chi connectivity index (χ3v) is 6.70. The second-order valence-corrected chi connectivity index (χ2v) is 10.3. The summed E-state index contributed by atoms with van der Waals surface area (Å²) in [5, 5.41) is 2.75. The maximum atomic E-state index is 13.2. The highest BCUT2D eigenvalue weighted by Gasteiger charge is 2.23. The highest BCUT2D eigenvalue weighted by molar-refractivity contribution is 7.47. The van der Waals surface area contributed by atoms with Crippen LogP contribution in [0.15, 0.2) is 48.5 Å². The Morgan fingerprint density at radius 1 is 0.951 bits per heavy atom. The molecule has 2 amide bonds. The van der Waals surface area contributed by atoms with Gasteiger partial charge in [-0.15, -0.1) is 0 Å². The Bertz CT molecular complexity index is 1230. The summed E-state index contributed by atoms with van der Waals surface area (Å²) in [5.74, 6) is 5.96. The SMILES string of the molecule is CC.CC(C)OP(=O)(O)OCCOCCOCCNC(=O)CCC(=O)N1Cc2ccccc2C#Cc2ccccc21.[HH]. The Morgan fingerprint density at radius 3 is 2.29 bits per heavy atom. The number of nitrogens with one attached hydrogen (secondary N) is 1. The van der Waals surface area contributed by atoms with Gasteiger partial charge in [0.2, 0.25) is 11.8 Å². The zero-order chi connectivity index (χ0) is 30.1. The van der Waals surface area contributed by atoms with Gasteiger partial charge in [0, 0.05) is 31.9 Å². The minimum Gasteiger partial charge on any atom is -0.377 e. The van der Waals surface area contributed by atoms with Crippen LogP contribution < -0.4 is 10.2 Å². The predicted octanol–water partition coefficient (Wildman–Crippen LogP) is 4.68. The number of nitrogens with zero attached hydrogens (tertiary/aromatic N) is 1. The fourth-order valence-electron chi connectivity index (χ4n) is 3.74. The van der Waals surface area contributed by atoms with Gasteiger partial charge in [0.05, 0.1) is 51.4 Å². The van der Waals surface area contributed by atoms with Crippen LogP contribution in [0.2, 0.25) is 0 Å². The van der Waals surface area contributed by atoms with Crippen molar-refractivity contribution >= 4 is 25.3 Å². The van der Waals surface area contributed by atoms with E-state index >= 15 is 0 Å². The molecule has 1 aliphatic heterocycles. The van der Waals surface area contributed by atoms with E-state index in [2.05, 4.69) is 17.2 Å². The van der Waals surface area contributed by atoms with Crippen molar-refractivity contribution in [1.82, 2.24) is 5.32 Å². The van der Waals surface area contributed by atoms with Crippen LogP contribution in [-0.4, -0.2) is 62.4 Å². The molecule has 10 nitrogen and oxygen atoms in total. The summed E-state index contributed by atoms with van der Waals surface area (Å²) in [7, 11) is -4.06. The summed E-state index contributed by atoms with van der Waals surface area (Å²) in [6.45, 7) is 8.80. The summed E-state index contributed by atoms with van der Waals surface area (Å²) in [4.78, 5) is 36.6. The molecule has 0 radical (unpaired) electrons. The lowest BCUT2D eigenvalue weighted by Gasteiger charge is -2.26. The summed E-state index contributed by atoms with van der Waals surface area (Å²) in [6, 6.07) is 15.3. The molecule has 2 aromatic rings. The van der Waals surface area contributed by atoms with Crippen LogP contribution in [0.1, 0.15) is 58.7 Å². The lowest BCUT2D eigenvalue weighted by molar-refractivity contribution is -0.125. The monoisotopic (exact) mass is 590 g/mol. The van der Waals surface area contributed by atoms with E-state index in [0.29, 0.717) is 13.1 Å². The van der Waals surface area contributed by atoms with E-state index in [1.165, 1.54) is 0 Å². The largest absolute Gasteiger partial charge is 0.472 e. The number of para-hydroxylation sites is 1. The van der Waals surface area contributed by atoms with Crippen molar-refractivity contribution in [1.29, 1.82) is 0 Å². The van der Waals surface area contributed by atoms with Gasteiger partial charge in [-0.25, -0.2) is 4.57 Å². The Morgan fingerprint density at radius 2 is 1.56 bits per heavy atom. The number of carbonyl (C=O) groups excluding carboxylic acids is 2. The van der Waals surface area contributed by atoms with Gasteiger partial charge < -0.3 is 24.6 Å². The van der Waals surface area contributed by atoms with E-state index in [1.807, 2.05) is 62.4 Å². The van der Waals surface area contributed by atoms with Crippen LogP contribution in [0.4, 0.5) is 5.69 Å². The Kier molecular flexibility index (Phi) is 15.3. The molecule has 226 valence electrons. The van der Waals surface area contributed by atoms with Gasteiger partial charge in [0.1, 0.15) is 0 Å². The number of ether oxygens (including phenoxy) is 2. The van der Waals surface area contributed by atoms with E-state index in [4.69, 9.17) is 18.5 Å². The van der Waals surface area contributed by atoms with Crippen LogP contribution in [0.3, 0.4) is 0 Å². The summed E-state index contributed by atoms with van der Waals surface area (Å²) >= 11 is 0. The Balaban J connectivity index is 0.00000288. The van der Waals surface area contributed by atoms with Gasteiger partial charge in [0.15, 0.2) is 0 Å². The fraction of sp³-hybridized carbons (Fsp3) is 0.467. The van der Waals surface area contributed by atoms with E-state index in [1.54, 1.807) is 18.7 Å². The number of carbonyl (C=O) groups is 2. The van der Waals surface area contributed by atoms with Crippen LogP contribution in [0.25, 0.3) is 0 Å². The number of amides is 2. The second kappa shape index (κ2) is 18.4. The Labute approximate surface area is 244 Å². The molecule has 3 rings (SSSR count). The molecule has 0 bridgehead atoms. The van der Waals surface area contributed by atoms with Gasteiger partial charge in [-0.1, -0.05) is 56.0 Å². The minimum atomic E-state index is -4.06. The van der Waals surface area contributed by atoms with Crippen molar-refractivity contribution < 1.29 is 39.0 Å². The summed E-state index contributed by atoms with van der Waals surface area (Å²) < 4.78 is 31.8. The van der Waals surface area contributed by atoms with Crippen molar-refractivity contribution in [2.75, 3.05) is 44.5 Å². The summed E-state index contributed by atoms with van der Waals surface area (Å²) in [6.07, 6.45) is -0.301. The number of benzene rings is 2. The maximum Gasteiger partial charge on any atom is 0.472 e. The van der Waals surface area contributed by atoms with E-state index in [0.717, 1.165) is 22.4 Å². The number of hydrogen-bond acceptors (Lipinski definition) is 7. The lowest BCUT2D eigenvalue weighted by Crippen LogP contribution is -2.34. The molecule has 0 aliphatic carbocycles. The first-order valence-electron chi connectivity index (χ1n) is 13.8. The molecule has 41 heavy (non-hydrogen) atoms. The zero-order valence-corrected chi connectivity index (χ0v) is 25.2.